The number of hydrogen-bond donors (Lipinski definition) is 2. The van der Waals surface area contributed by atoms with Gasteiger partial charge in [-0.2, -0.15) is 0 Å². The van der Waals surface area contributed by atoms with E-state index in [-0.39, 0.29) is 40.0 Å². The molecule has 0 spiro atoms. The van der Waals surface area contributed by atoms with Gasteiger partial charge < -0.3 is 14.9 Å². The third-order valence-corrected chi connectivity index (χ3v) is 12.2. The molecular formula is C30H48O3. The summed E-state index contributed by atoms with van der Waals surface area (Å²) in [6.45, 7) is 18.6. The first-order valence-electron chi connectivity index (χ1n) is 13.6. The zero-order chi connectivity index (χ0) is 24.2. The minimum atomic E-state index is -0.435. The highest BCUT2D eigenvalue weighted by Gasteiger charge is 2.64. The van der Waals surface area contributed by atoms with Gasteiger partial charge in [-0.25, -0.2) is 0 Å². The van der Waals surface area contributed by atoms with Crippen molar-refractivity contribution in [3.05, 3.63) is 23.3 Å². The molecule has 0 aromatic heterocycles. The van der Waals surface area contributed by atoms with Crippen LogP contribution in [0.25, 0.3) is 0 Å². The Morgan fingerprint density at radius 1 is 0.909 bits per heavy atom. The van der Waals surface area contributed by atoms with E-state index in [9.17, 15) is 10.2 Å². The predicted octanol–water partition coefficient (Wildman–Crippen LogP) is 6.44. The van der Waals surface area contributed by atoms with Crippen LogP contribution in [-0.2, 0) is 4.74 Å². The van der Waals surface area contributed by atoms with E-state index in [0.717, 1.165) is 32.1 Å². The highest BCUT2D eigenvalue weighted by molar-refractivity contribution is 5.49. The summed E-state index contributed by atoms with van der Waals surface area (Å²) >= 11 is 0. The lowest BCUT2D eigenvalue weighted by Crippen LogP contribution is -2.54. The molecule has 1 aliphatic heterocycles. The molecule has 5 rings (SSSR count). The SMILES string of the molecule is C[C@H]([C@@H]1C[C@H](O)C(C)(C)O1)[C@H]1CC[C@@]2(C)C3=CCC4C(C)(C)[C@@H](O)CC[C@]4(C)C3=CC[C@]12C. The Labute approximate surface area is 202 Å². The van der Waals surface area contributed by atoms with Crippen LogP contribution >= 0.6 is 0 Å². The second kappa shape index (κ2) is 7.20. The highest BCUT2D eigenvalue weighted by atomic mass is 16.5. The maximum Gasteiger partial charge on any atom is 0.0889 e. The molecule has 186 valence electrons. The Morgan fingerprint density at radius 3 is 2.24 bits per heavy atom. The molecule has 33 heavy (non-hydrogen) atoms. The minimum Gasteiger partial charge on any atom is -0.393 e. The second-order valence-electron chi connectivity index (χ2n) is 14.3. The van der Waals surface area contributed by atoms with E-state index in [1.54, 1.807) is 11.1 Å². The lowest BCUT2D eigenvalue weighted by molar-refractivity contribution is -0.0912. The van der Waals surface area contributed by atoms with Crippen molar-refractivity contribution in [2.45, 2.75) is 124 Å². The molecule has 3 nitrogen and oxygen atoms in total. The van der Waals surface area contributed by atoms with Crippen LogP contribution in [-0.4, -0.2) is 34.1 Å². The first kappa shape index (κ1) is 24.1. The molecule has 1 saturated heterocycles. The van der Waals surface area contributed by atoms with Crippen molar-refractivity contribution in [2.75, 3.05) is 0 Å². The van der Waals surface area contributed by atoms with Crippen LogP contribution in [0.2, 0.25) is 0 Å². The van der Waals surface area contributed by atoms with Crippen molar-refractivity contribution in [1.29, 1.82) is 0 Å². The first-order valence-corrected chi connectivity index (χ1v) is 13.6. The number of allylic oxidation sites excluding steroid dienone is 4. The van der Waals surface area contributed by atoms with Crippen LogP contribution in [0.1, 0.15) is 100 Å². The van der Waals surface area contributed by atoms with E-state index in [1.165, 1.54) is 12.8 Å². The van der Waals surface area contributed by atoms with E-state index >= 15 is 0 Å². The third-order valence-electron chi connectivity index (χ3n) is 12.2. The second-order valence-corrected chi connectivity index (χ2v) is 14.3. The highest BCUT2D eigenvalue weighted by Crippen LogP contribution is 2.72. The first-order chi connectivity index (χ1) is 15.2. The molecule has 2 saturated carbocycles. The van der Waals surface area contributed by atoms with Crippen LogP contribution in [0, 0.1) is 39.4 Å². The van der Waals surface area contributed by atoms with Gasteiger partial charge in [0.25, 0.3) is 0 Å². The summed E-state index contributed by atoms with van der Waals surface area (Å²) in [6.07, 6.45) is 12.3. The summed E-state index contributed by atoms with van der Waals surface area (Å²) in [5.41, 5.74) is 3.34. The lowest BCUT2D eigenvalue weighted by atomic mass is 9.44. The van der Waals surface area contributed by atoms with Gasteiger partial charge in [0.2, 0.25) is 0 Å². The molecule has 1 heterocycles. The van der Waals surface area contributed by atoms with Gasteiger partial charge in [-0.1, -0.05) is 53.7 Å². The monoisotopic (exact) mass is 456 g/mol. The van der Waals surface area contributed by atoms with Crippen LogP contribution in [0.4, 0.5) is 0 Å². The minimum absolute atomic E-state index is 0.0439. The van der Waals surface area contributed by atoms with Crippen LogP contribution in [0.15, 0.2) is 23.3 Å². The molecule has 9 atom stereocenters. The van der Waals surface area contributed by atoms with E-state index in [4.69, 9.17) is 4.74 Å². The molecule has 5 aliphatic rings. The molecule has 3 heteroatoms. The van der Waals surface area contributed by atoms with E-state index in [0.29, 0.717) is 17.8 Å². The summed E-state index contributed by atoms with van der Waals surface area (Å²) < 4.78 is 6.42. The largest absolute Gasteiger partial charge is 0.393 e. The van der Waals surface area contributed by atoms with E-state index in [2.05, 4.69) is 53.7 Å². The number of fused-ring (bicyclic) bond motifs is 5. The van der Waals surface area contributed by atoms with E-state index in [1.807, 2.05) is 13.8 Å². The van der Waals surface area contributed by atoms with Crippen molar-refractivity contribution in [2.24, 2.45) is 39.4 Å². The Kier molecular flexibility index (Phi) is 5.25. The quantitative estimate of drug-likeness (QED) is 0.503. The Hall–Kier alpha value is -0.640. The molecule has 0 aromatic rings. The average Bonchev–Trinajstić information content (AvgIpc) is 3.17. The van der Waals surface area contributed by atoms with Crippen LogP contribution in [0.5, 0.6) is 0 Å². The van der Waals surface area contributed by atoms with Gasteiger partial charge in [-0.15, -0.1) is 0 Å². The van der Waals surface area contributed by atoms with Crippen molar-refractivity contribution >= 4 is 0 Å². The van der Waals surface area contributed by atoms with Gasteiger partial charge in [-0.05, 0) is 103 Å². The van der Waals surface area contributed by atoms with Gasteiger partial charge in [0.15, 0.2) is 0 Å². The molecule has 2 N–H and O–H groups in total. The number of ether oxygens (including phenoxy) is 1. The normalized spacial score (nSPS) is 51.2. The summed E-state index contributed by atoms with van der Waals surface area (Å²) in [7, 11) is 0. The van der Waals surface area contributed by atoms with Crippen LogP contribution in [0.3, 0.4) is 0 Å². The molecule has 0 bridgehead atoms. The molecule has 1 unspecified atom stereocenters. The Bertz CT molecular complexity index is 883. The summed E-state index contributed by atoms with van der Waals surface area (Å²) in [6, 6.07) is 0. The maximum atomic E-state index is 10.8. The molecule has 0 amide bonds. The molecule has 0 aromatic carbocycles. The van der Waals surface area contributed by atoms with Gasteiger partial charge in [0.1, 0.15) is 0 Å². The van der Waals surface area contributed by atoms with Gasteiger partial charge >= 0.3 is 0 Å². The summed E-state index contributed by atoms with van der Waals surface area (Å²) in [5.74, 6) is 1.55. The summed E-state index contributed by atoms with van der Waals surface area (Å²) in [4.78, 5) is 0. The fourth-order valence-electron chi connectivity index (χ4n) is 9.48. The number of aliphatic hydroxyl groups is 2. The Balaban J connectivity index is 1.48. The van der Waals surface area contributed by atoms with Gasteiger partial charge in [0, 0.05) is 6.42 Å². The van der Waals surface area contributed by atoms with Crippen molar-refractivity contribution in [3.63, 3.8) is 0 Å². The average molecular weight is 457 g/mol. The van der Waals surface area contributed by atoms with Crippen molar-refractivity contribution in [1.82, 2.24) is 0 Å². The standard InChI is InChI=1S/C30H48O3/c1-18(22-17-25(32)27(4,5)33-22)19-11-15-30(8)21-9-10-23-26(2,3)24(31)13-14-28(23,6)20(21)12-16-29(19,30)7/h9,12,18-19,22-25,31-32H,10-11,13-17H2,1-8H3/t18-,19+,22-,23?,24-,25-,28+,29+,30-/m0/s1. The fraction of sp³-hybridized carbons (Fsp3) is 0.867. The van der Waals surface area contributed by atoms with Crippen molar-refractivity contribution < 1.29 is 14.9 Å². The molecule has 4 aliphatic carbocycles. The molecule has 3 fully saturated rings. The lowest BCUT2D eigenvalue weighted by Gasteiger charge is -2.61. The van der Waals surface area contributed by atoms with Gasteiger partial charge in [0.05, 0.1) is 23.9 Å². The van der Waals surface area contributed by atoms with Gasteiger partial charge in [-0.3, -0.25) is 0 Å². The zero-order valence-electron chi connectivity index (χ0n) is 22.4. The maximum absolute atomic E-state index is 10.8. The molecule has 0 radical (unpaired) electrons. The van der Waals surface area contributed by atoms with Crippen molar-refractivity contribution in [3.8, 4) is 0 Å². The smallest absolute Gasteiger partial charge is 0.0889 e. The van der Waals surface area contributed by atoms with E-state index < -0.39 is 5.60 Å². The topological polar surface area (TPSA) is 49.7 Å². The fourth-order valence-corrected chi connectivity index (χ4v) is 9.48. The summed E-state index contributed by atoms with van der Waals surface area (Å²) in [5, 5.41) is 21.4. The zero-order valence-corrected chi connectivity index (χ0v) is 22.4. The predicted molar refractivity (Wildman–Crippen MR) is 134 cm³/mol. The molecular weight excluding hydrogens is 408 g/mol. The number of rotatable bonds is 2. The number of hydrogen-bond acceptors (Lipinski definition) is 3. The Morgan fingerprint density at radius 2 is 1.61 bits per heavy atom. The van der Waals surface area contributed by atoms with Crippen LogP contribution < -0.4 is 0 Å². The third kappa shape index (κ3) is 3.04. The number of aliphatic hydroxyl groups excluding tert-OH is 2.